The maximum Gasteiger partial charge on any atom is 0.0368 e. The van der Waals surface area contributed by atoms with Crippen LogP contribution in [0.15, 0.2) is 28.7 Å². The van der Waals surface area contributed by atoms with Gasteiger partial charge in [-0.1, -0.05) is 28.8 Å². The largest absolute Gasteiger partial charge is 0.368 e. The summed E-state index contributed by atoms with van der Waals surface area (Å²) in [5.74, 6) is 0. The van der Waals surface area contributed by atoms with Gasteiger partial charge in [-0.2, -0.15) is 0 Å². The van der Waals surface area contributed by atoms with Crippen LogP contribution in [-0.4, -0.2) is 25.2 Å². The fraction of sp³-hybridized carbons (Fsp3) is 0.571. The molecule has 0 bridgehead atoms. The summed E-state index contributed by atoms with van der Waals surface area (Å²) in [5, 5.41) is 3.75. The second-order valence-electron chi connectivity index (χ2n) is 5.31. The van der Waals surface area contributed by atoms with Crippen LogP contribution >= 0.6 is 15.9 Å². The number of anilines is 1. The summed E-state index contributed by atoms with van der Waals surface area (Å²) in [5.41, 5.74) is 1.77. The molecule has 17 heavy (non-hydrogen) atoms. The second kappa shape index (κ2) is 4.62. The highest BCUT2D eigenvalue weighted by molar-refractivity contribution is 9.10. The number of benzene rings is 1. The van der Waals surface area contributed by atoms with Crippen LogP contribution < -0.4 is 10.2 Å². The molecule has 1 spiro atoms. The van der Waals surface area contributed by atoms with Gasteiger partial charge in [0.05, 0.1) is 0 Å². The van der Waals surface area contributed by atoms with Crippen LogP contribution in [0.1, 0.15) is 25.7 Å². The van der Waals surface area contributed by atoms with Crippen LogP contribution in [-0.2, 0) is 0 Å². The van der Waals surface area contributed by atoms with Crippen LogP contribution in [0.4, 0.5) is 5.69 Å². The van der Waals surface area contributed by atoms with E-state index in [2.05, 4.69) is 50.4 Å². The summed E-state index contributed by atoms with van der Waals surface area (Å²) in [6, 6.07) is 8.72. The van der Waals surface area contributed by atoms with Gasteiger partial charge >= 0.3 is 0 Å². The predicted octanol–water partition coefficient (Wildman–Crippen LogP) is 3.17. The summed E-state index contributed by atoms with van der Waals surface area (Å²) >= 11 is 3.50. The summed E-state index contributed by atoms with van der Waals surface area (Å²) in [6.07, 6.45) is 5.47. The van der Waals surface area contributed by atoms with Gasteiger partial charge < -0.3 is 10.2 Å². The molecule has 92 valence electrons. The average molecular weight is 295 g/mol. The van der Waals surface area contributed by atoms with Crippen LogP contribution in [0.3, 0.4) is 0 Å². The molecule has 1 heterocycles. The molecule has 3 heteroatoms. The van der Waals surface area contributed by atoms with Crippen molar-refractivity contribution in [3.8, 4) is 0 Å². The lowest BCUT2D eigenvalue weighted by Gasteiger charge is -2.42. The summed E-state index contributed by atoms with van der Waals surface area (Å²) in [7, 11) is 0. The third-order valence-electron chi connectivity index (χ3n) is 4.13. The Morgan fingerprint density at radius 2 is 1.82 bits per heavy atom. The van der Waals surface area contributed by atoms with Gasteiger partial charge in [-0.15, -0.1) is 0 Å². The van der Waals surface area contributed by atoms with Crippen molar-refractivity contribution in [2.24, 2.45) is 0 Å². The summed E-state index contributed by atoms with van der Waals surface area (Å²) in [6.45, 7) is 3.42. The van der Waals surface area contributed by atoms with Crippen LogP contribution in [0.25, 0.3) is 0 Å². The molecule has 1 aromatic rings. The molecule has 0 radical (unpaired) electrons. The minimum Gasteiger partial charge on any atom is -0.368 e. The molecule has 1 saturated heterocycles. The molecule has 3 rings (SSSR count). The normalized spacial score (nSPS) is 23.2. The van der Waals surface area contributed by atoms with Gasteiger partial charge in [0, 0.05) is 35.3 Å². The number of piperazine rings is 1. The molecule has 1 saturated carbocycles. The molecule has 0 aromatic heterocycles. The molecule has 2 nitrogen and oxygen atoms in total. The van der Waals surface area contributed by atoms with E-state index < -0.39 is 0 Å². The Bertz CT molecular complexity index is 382. The van der Waals surface area contributed by atoms with Crippen molar-refractivity contribution in [3.05, 3.63) is 28.7 Å². The van der Waals surface area contributed by atoms with Crippen LogP contribution in [0, 0.1) is 0 Å². The Morgan fingerprint density at radius 3 is 2.53 bits per heavy atom. The lowest BCUT2D eigenvalue weighted by atomic mass is 9.94. The third kappa shape index (κ3) is 2.36. The van der Waals surface area contributed by atoms with E-state index >= 15 is 0 Å². The topological polar surface area (TPSA) is 15.3 Å². The van der Waals surface area contributed by atoms with Crippen molar-refractivity contribution in [3.63, 3.8) is 0 Å². The van der Waals surface area contributed by atoms with Gasteiger partial charge in [-0.3, -0.25) is 0 Å². The first-order valence-electron chi connectivity index (χ1n) is 6.53. The van der Waals surface area contributed by atoms with Gasteiger partial charge in [0.25, 0.3) is 0 Å². The Labute approximate surface area is 112 Å². The number of rotatable bonds is 1. The van der Waals surface area contributed by atoms with E-state index in [0.717, 1.165) is 17.6 Å². The monoisotopic (exact) mass is 294 g/mol. The second-order valence-corrected chi connectivity index (χ2v) is 6.23. The molecule has 1 aromatic carbocycles. The molecule has 1 N–H and O–H groups in total. The molecule has 0 atom stereocenters. The minimum absolute atomic E-state index is 0.408. The van der Waals surface area contributed by atoms with Crippen molar-refractivity contribution in [2.45, 2.75) is 31.2 Å². The highest BCUT2D eigenvalue weighted by Gasteiger charge is 2.37. The molecule has 0 amide bonds. The highest BCUT2D eigenvalue weighted by Crippen LogP contribution is 2.33. The van der Waals surface area contributed by atoms with Crippen molar-refractivity contribution in [1.29, 1.82) is 0 Å². The van der Waals surface area contributed by atoms with E-state index in [4.69, 9.17) is 0 Å². The Kier molecular flexibility index (Phi) is 3.14. The maximum absolute atomic E-state index is 3.75. The van der Waals surface area contributed by atoms with Crippen molar-refractivity contribution in [2.75, 3.05) is 24.5 Å². The van der Waals surface area contributed by atoms with Gasteiger partial charge in [0.15, 0.2) is 0 Å². The smallest absolute Gasteiger partial charge is 0.0368 e. The quantitative estimate of drug-likeness (QED) is 0.856. The fourth-order valence-electron chi connectivity index (χ4n) is 3.22. The molecule has 2 aliphatic rings. The molecule has 1 aliphatic heterocycles. The minimum atomic E-state index is 0.408. The number of nitrogens with zero attached hydrogens (tertiary/aromatic N) is 1. The molecule has 1 aliphatic carbocycles. The van der Waals surface area contributed by atoms with E-state index in [1.54, 1.807) is 0 Å². The lowest BCUT2D eigenvalue weighted by molar-refractivity contribution is 0.304. The first-order valence-corrected chi connectivity index (χ1v) is 7.32. The average Bonchev–Trinajstić information content (AvgIpc) is 2.78. The number of hydrogen-bond acceptors (Lipinski definition) is 2. The SMILES string of the molecule is Brc1ccc(N2CCNC3(CCCC3)C2)cc1. The van der Waals surface area contributed by atoms with E-state index in [0.29, 0.717) is 5.54 Å². The number of nitrogens with one attached hydrogen (secondary N) is 1. The Morgan fingerprint density at radius 1 is 1.12 bits per heavy atom. The Hall–Kier alpha value is -0.540. The van der Waals surface area contributed by atoms with Crippen molar-refractivity contribution >= 4 is 21.6 Å². The maximum atomic E-state index is 3.75. The van der Waals surface area contributed by atoms with Crippen molar-refractivity contribution < 1.29 is 0 Å². The van der Waals surface area contributed by atoms with E-state index in [1.165, 1.54) is 37.9 Å². The van der Waals surface area contributed by atoms with Gasteiger partial charge in [0.1, 0.15) is 0 Å². The van der Waals surface area contributed by atoms with Crippen molar-refractivity contribution in [1.82, 2.24) is 5.32 Å². The molecular weight excluding hydrogens is 276 g/mol. The zero-order chi connectivity index (χ0) is 11.7. The first kappa shape index (κ1) is 11.5. The number of halogens is 1. The molecular formula is C14H19BrN2. The van der Waals surface area contributed by atoms with E-state index in [1.807, 2.05) is 0 Å². The van der Waals surface area contributed by atoms with Crippen LogP contribution in [0.5, 0.6) is 0 Å². The zero-order valence-electron chi connectivity index (χ0n) is 10.1. The third-order valence-corrected chi connectivity index (χ3v) is 4.66. The molecule has 0 unspecified atom stereocenters. The van der Waals surface area contributed by atoms with Gasteiger partial charge in [-0.25, -0.2) is 0 Å². The van der Waals surface area contributed by atoms with E-state index in [-0.39, 0.29) is 0 Å². The van der Waals surface area contributed by atoms with E-state index in [9.17, 15) is 0 Å². The predicted molar refractivity (Wildman–Crippen MR) is 75.6 cm³/mol. The first-order chi connectivity index (χ1) is 8.27. The van der Waals surface area contributed by atoms with Gasteiger partial charge in [-0.05, 0) is 37.1 Å². The fourth-order valence-corrected chi connectivity index (χ4v) is 3.48. The Balaban J connectivity index is 1.77. The highest BCUT2D eigenvalue weighted by atomic mass is 79.9. The molecule has 2 fully saturated rings. The standard InChI is InChI=1S/C14H19BrN2/c15-12-3-5-13(6-4-12)17-10-9-16-14(11-17)7-1-2-8-14/h3-6,16H,1-2,7-11H2. The zero-order valence-corrected chi connectivity index (χ0v) is 11.7. The number of hydrogen-bond donors (Lipinski definition) is 1. The lowest BCUT2D eigenvalue weighted by Crippen LogP contribution is -2.59. The summed E-state index contributed by atoms with van der Waals surface area (Å²) in [4.78, 5) is 2.54. The van der Waals surface area contributed by atoms with Crippen LogP contribution in [0.2, 0.25) is 0 Å². The summed E-state index contributed by atoms with van der Waals surface area (Å²) < 4.78 is 1.16. The van der Waals surface area contributed by atoms with Gasteiger partial charge in [0.2, 0.25) is 0 Å².